The van der Waals surface area contributed by atoms with Crippen molar-refractivity contribution in [1.29, 1.82) is 0 Å². The van der Waals surface area contributed by atoms with E-state index in [2.05, 4.69) is 13.8 Å². The maximum Gasteiger partial charge on any atom is 0.147 e. The van der Waals surface area contributed by atoms with Crippen LogP contribution in [0.25, 0.3) is 0 Å². The topological polar surface area (TPSA) is 26.0 Å². The number of thioether (sulfide) groups is 1. The summed E-state index contributed by atoms with van der Waals surface area (Å²) in [5.74, 6) is -0.321. The highest BCUT2D eigenvalue weighted by Crippen LogP contribution is 2.27. The lowest BCUT2D eigenvalue weighted by atomic mass is 10.3. The van der Waals surface area contributed by atoms with Crippen molar-refractivity contribution in [3.63, 3.8) is 0 Å². The molecule has 0 bridgehead atoms. The van der Waals surface area contributed by atoms with E-state index in [-0.39, 0.29) is 11.5 Å². The van der Waals surface area contributed by atoms with Gasteiger partial charge in [0.1, 0.15) is 5.82 Å². The van der Waals surface area contributed by atoms with Crippen LogP contribution in [0.5, 0.6) is 0 Å². The number of hydrogen-bond acceptors (Lipinski definition) is 2. The highest BCUT2D eigenvalue weighted by Gasteiger charge is 2.05. The van der Waals surface area contributed by atoms with Crippen LogP contribution in [0.15, 0.2) is 23.1 Å². The number of nitrogens with two attached hydrogens (primary N) is 1. The zero-order chi connectivity index (χ0) is 10.6. The van der Waals surface area contributed by atoms with Gasteiger partial charge in [0, 0.05) is 10.1 Å². The van der Waals surface area contributed by atoms with Crippen molar-refractivity contribution in [3.8, 4) is 0 Å². The Morgan fingerprint density at radius 3 is 2.79 bits per heavy atom. The first-order valence-corrected chi connectivity index (χ1v) is 5.73. The van der Waals surface area contributed by atoms with Crippen LogP contribution < -0.4 is 5.73 Å². The second kappa shape index (κ2) is 5.25. The van der Waals surface area contributed by atoms with Gasteiger partial charge < -0.3 is 5.73 Å². The number of anilines is 1. The van der Waals surface area contributed by atoms with E-state index >= 15 is 0 Å². The molecule has 0 aliphatic heterocycles. The van der Waals surface area contributed by atoms with Gasteiger partial charge in [0.25, 0.3) is 0 Å². The molecule has 0 saturated carbocycles. The highest BCUT2D eigenvalue weighted by atomic mass is 32.2. The molecule has 1 atom stereocenters. The lowest BCUT2D eigenvalue weighted by Gasteiger charge is -2.09. The summed E-state index contributed by atoms with van der Waals surface area (Å²) in [5.41, 5.74) is 5.61. The molecule has 14 heavy (non-hydrogen) atoms. The van der Waals surface area contributed by atoms with Crippen LogP contribution in [-0.2, 0) is 0 Å². The fourth-order valence-electron chi connectivity index (χ4n) is 1.28. The highest BCUT2D eigenvalue weighted by molar-refractivity contribution is 7.99. The van der Waals surface area contributed by atoms with Crippen molar-refractivity contribution in [2.45, 2.75) is 36.8 Å². The van der Waals surface area contributed by atoms with E-state index in [0.717, 1.165) is 17.7 Å². The minimum atomic E-state index is -0.321. The van der Waals surface area contributed by atoms with Gasteiger partial charge in [0.15, 0.2) is 0 Å². The summed E-state index contributed by atoms with van der Waals surface area (Å²) in [7, 11) is 0. The average Bonchev–Trinajstić information content (AvgIpc) is 2.12. The minimum absolute atomic E-state index is 0.220. The van der Waals surface area contributed by atoms with Crippen LogP contribution in [0, 0.1) is 5.82 Å². The number of halogens is 1. The van der Waals surface area contributed by atoms with Crippen molar-refractivity contribution in [1.82, 2.24) is 0 Å². The van der Waals surface area contributed by atoms with Gasteiger partial charge in [0.05, 0.1) is 5.69 Å². The summed E-state index contributed by atoms with van der Waals surface area (Å²) in [6.07, 6.45) is 2.31. The first-order valence-electron chi connectivity index (χ1n) is 4.85. The normalized spacial score (nSPS) is 12.8. The van der Waals surface area contributed by atoms with Crippen molar-refractivity contribution in [3.05, 3.63) is 24.0 Å². The zero-order valence-electron chi connectivity index (χ0n) is 8.59. The standard InChI is InChI=1S/C11H16FNS/c1-3-4-8(2)14-9-5-6-11(13)10(12)7-9/h5-8H,3-4,13H2,1-2H3. The molecule has 2 N–H and O–H groups in total. The molecule has 0 amide bonds. The molecule has 0 fully saturated rings. The van der Waals surface area contributed by atoms with E-state index in [1.807, 2.05) is 6.07 Å². The van der Waals surface area contributed by atoms with Crippen LogP contribution in [0.1, 0.15) is 26.7 Å². The van der Waals surface area contributed by atoms with Crippen LogP contribution in [0.4, 0.5) is 10.1 Å². The van der Waals surface area contributed by atoms with Crippen molar-refractivity contribution in [2.24, 2.45) is 0 Å². The summed E-state index contributed by atoms with van der Waals surface area (Å²) in [6, 6.07) is 5.00. The van der Waals surface area contributed by atoms with Gasteiger partial charge in [-0.2, -0.15) is 0 Å². The van der Waals surface area contributed by atoms with E-state index in [1.54, 1.807) is 17.8 Å². The van der Waals surface area contributed by atoms with Crippen LogP contribution in [0.3, 0.4) is 0 Å². The lowest BCUT2D eigenvalue weighted by molar-refractivity contribution is 0.629. The fraction of sp³-hybridized carbons (Fsp3) is 0.455. The van der Waals surface area contributed by atoms with Crippen molar-refractivity contribution >= 4 is 17.4 Å². The van der Waals surface area contributed by atoms with Crippen LogP contribution >= 0.6 is 11.8 Å². The third kappa shape index (κ3) is 3.22. The summed E-state index contributed by atoms with van der Waals surface area (Å²) in [4.78, 5) is 0.956. The third-order valence-corrected chi connectivity index (χ3v) is 3.17. The largest absolute Gasteiger partial charge is 0.396 e. The SMILES string of the molecule is CCCC(C)Sc1ccc(N)c(F)c1. The molecule has 0 aliphatic rings. The van der Waals surface area contributed by atoms with E-state index in [4.69, 9.17) is 5.73 Å². The van der Waals surface area contributed by atoms with Gasteiger partial charge in [-0.3, -0.25) is 0 Å². The molecule has 1 nitrogen and oxygen atoms in total. The van der Waals surface area contributed by atoms with Gasteiger partial charge >= 0.3 is 0 Å². The maximum absolute atomic E-state index is 13.1. The van der Waals surface area contributed by atoms with Crippen molar-refractivity contribution in [2.75, 3.05) is 5.73 Å². The van der Waals surface area contributed by atoms with Crippen molar-refractivity contribution < 1.29 is 4.39 Å². The Hall–Kier alpha value is -0.700. The molecule has 1 aromatic rings. The number of hydrogen-bond donors (Lipinski definition) is 1. The summed E-state index contributed by atoms with van der Waals surface area (Å²) >= 11 is 1.70. The first-order chi connectivity index (χ1) is 6.63. The number of benzene rings is 1. The Morgan fingerprint density at radius 2 is 2.21 bits per heavy atom. The molecular formula is C11H16FNS. The monoisotopic (exact) mass is 213 g/mol. The molecule has 1 aromatic carbocycles. The van der Waals surface area contributed by atoms with Gasteiger partial charge in [-0.25, -0.2) is 4.39 Å². The summed E-state index contributed by atoms with van der Waals surface area (Å²) < 4.78 is 13.1. The predicted octanol–water partition coefficient (Wildman–Crippen LogP) is 3.69. The molecule has 1 unspecified atom stereocenters. The Morgan fingerprint density at radius 1 is 1.50 bits per heavy atom. The second-order valence-corrected chi connectivity index (χ2v) is 4.91. The van der Waals surface area contributed by atoms with E-state index in [0.29, 0.717) is 5.25 Å². The van der Waals surface area contributed by atoms with Crippen LogP contribution in [0.2, 0.25) is 0 Å². The zero-order valence-corrected chi connectivity index (χ0v) is 9.40. The molecule has 0 aliphatic carbocycles. The molecule has 0 radical (unpaired) electrons. The Balaban J connectivity index is 2.63. The molecule has 0 heterocycles. The summed E-state index contributed by atoms with van der Waals surface area (Å²) in [5, 5.41) is 0.531. The maximum atomic E-state index is 13.1. The molecule has 0 saturated heterocycles. The molecule has 0 spiro atoms. The Labute approximate surface area is 88.9 Å². The molecule has 0 aromatic heterocycles. The number of nitrogen functional groups attached to an aromatic ring is 1. The van der Waals surface area contributed by atoms with E-state index in [9.17, 15) is 4.39 Å². The molecule has 78 valence electrons. The molecule has 1 rings (SSSR count). The van der Waals surface area contributed by atoms with Gasteiger partial charge in [0.2, 0.25) is 0 Å². The molecular weight excluding hydrogens is 197 g/mol. The lowest BCUT2D eigenvalue weighted by Crippen LogP contribution is -1.95. The average molecular weight is 213 g/mol. The molecule has 3 heteroatoms. The van der Waals surface area contributed by atoms with Gasteiger partial charge in [-0.1, -0.05) is 20.3 Å². The van der Waals surface area contributed by atoms with E-state index < -0.39 is 0 Å². The smallest absolute Gasteiger partial charge is 0.147 e. The third-order valence-electron chi connectivity index (χ3n) is 2.00. The summed E-state index contributed by atoms with van der Waals surface area (Å²) in [6.45, 7) is 4.31. The fourth-order valence-corrected chi connectivity index (χ4v) is 2.42. The number of rotatable bonds is 4. The Bertz CT molecular complexity index is 301. The van der Waals surface area contributed by atoms with Crippen LogP contribution in [-0.4, -0.2) is 5.25 Å². The Kier molecular flexibility index (Phi) is 4.26. The minimum Gasteiger partial charge on any atom is -0.396 e. The first kappa shape index (κ1) is 11.4. The second-order valence-electron chi connectivity index (χ2n) is 3.40. The van der Waals surface area contributed by atoms with Gasteiger partial charge in [-0.15, -0.1) is 11.8 Å². The predicted molar refractivity (Wildman–Crippen MR) is 61.0 cm³/mol. The van der Waals surface area contributed by atoms with Gasteiger partial charge in [-0.05, 0) is 24.6 Å². The quantitative estimate of drug-likeness (QED) is 0.609. The van der Waals surface area contributed by atoms with E-state index in [1.165, 1.54) is 6.07 Å².